The van der Waals surface area contributed by atoms with E-state index in [-0.39, 0.29) is 28.1 Å². The Labute approximate surface area is 241 Å². The van der Waals surface area contributed by atoms with Crippen LogP contribution in [0.15, 0.2) is 83.8 Å². The van der Waals surface area contributed by atoms with Gasteiger partial charge in [-0.2, -0.15) is 0 Å². The van der Waals surface area contributed by atoms with Gasteiger partial charge >= 0.3 is 0 Å². The first kappa shape index (κ1) is 31.0. The molecule has 3 aromatic rings. The molecule has 0 heterocycles. The van der Waals surface area contributed by atoms with Crippen LogP contribution in [0.1, 0.15) is 39.7 Å². The second kappa shape index (κ2) is 13.2. The van der Waals surface area contributed by atoms with E-state index in [4.69, 9.17) is 16.3 Å². The number of ether oxygens (including phenoxy) is 1. The van der Waals surface area contributed by atoms with Gasteiger partial charge < -0.3 is 15.0 Å². The molecule has 0 spiro atoms. The third kappa shape index (κ3) is 7.76. The average Bonchev–Trinajstić information content (AvgIpc) is 2.91. The molecule has 0 saturated carbocycles. The van der Waals surface area contributed by atoms with Crippen molar-refractivity contribution in [1.82, 2.24) is 10.2 Å². The van der Waals surface area contributed by atoms with Crippen LogP contribution in [0.3, 0.4) is 0 Å². The number of nitrogens with zero attached hydrogens (tertiary/aromatic N) is 2. The Kier molecular flexibility index (Phi) is 10.2. The number of sulfonamides is 1. The van der Waals surface area contributed by atoms with E-state index in [1.807, 2.05) is 58.0 Å². The summed E-state index contributed by atoms with van der Waals surface area (Å²) in [4.78, 5) is 28.9. The van der Waals surface area contributed by atoms with E-state index >= 15 is 0 Å². The van der Waals surface area contributed by atoms with Crippen LogP contribution in [0.5, 0.6) is 5.75 Å². The Morgan fingerprint density at radius 2 is 1.57 bits per heavy atom. The molecule has 2 amide bonds. The molecule has 0 saturated heterocycles. The standard InChI is InChI=1S/C30H36ClN3O5S/c1-6-26(29(36)32-30(2,3)4)33(20-22-13-9-7-10-14-22)28(35)21-34(23-17-18-27(39-5)25(31)19-23)40(37,38)24-15-11-8-12-16-24/h7-19,26H,6,20-21H2,1-5H3,(H,32,36)/t26-/m0/s1. The van der Waals surface area contributed by atoms with Crippen LogP contribution in [0.4, 0.5) is 5.69 Å². The molecular formula is C30H36ClN3O5S. The molecule has 0 aliphatic rings. The quantitative estimate of drug-likeness (QED) is 0.331. The van der Waals surface area contributed by atoms with E-state index in [0.29, 0.717) is 12.2 Å². The van der Waals surface area contributed by atoms with Crippen LogP contribution >= 0.6 is 11.6 Å². The van der Waals surface area contributed by atoms with Gasteiger partial charge in [-0.15, -0.1) is 0 Å². The van der Waals surface area contributed by atoms with Crippen molar-refractivity contribution in [2.45, 2.75) is 57.1 Å². The minimum atomic E-state index is -4.19. The highest BCUT2D eigenvalue weighted by Crippen LogP contribution is 2.32. The zero-order valence-corrected chi connectivity index (χ0v) is 25.0. The van der Waals surface area contributed by atoms with Crippen LogP contribution in [-0.2, 0) is 26.2 Å². The Hall–Kier alpha value is -3.56. The van der Waals surface area contributed by atoms with Gasteiger partial charge in [0.2, 0.25) is 11.8 Å². The van der Waals surface area contributed by atoms with Gasteiger partial charge in [-0.1, -0.05) is 67.1 Å². The summed E-state index contributed by atoms with van der Waals surface area (Å²) in [5, 5.41) is 3.15. The minimum absolute atomic E-state index is 0.0156. The lowest BCUT2D eigenvalue weighted by molar-refractivity contribution is -0.141. The maximum absolute atomic E-state index is 14.1. The zero-order valence-electron chi connectivity index (χ0n) is 23.4. The van der Waals surface area contributed by atoms with Crippen LogP contribution in [0.25, 0.3) is 0 Å². The fourth-order valence-electron chi connectivity index (χ4n) is 4.21. The maximum Gasteiger partial charge on any atom is 0.264 e. The average molecular weight is 586 g/mol. The van der Waals surface area contributed by atoms with Gasteiger partial charge in [-0.3, -0.25) is 13.9 Å². The molecule has 0 aliphatic heterocycles. The highest BCUT2D eigenvalue weighted by Gasteiger charge is 2.34. The lowest BCUT2D eigenvalue weighted by Crippen LogP contribution is -2.55. The van der Waals surface area contributed by atoms with Crippen molar-refractivity contribution >= 4 is 39.1 Å². The van der Waals surface area contributed by atoms with Crippen LogP contribution in [0, 0.1) is 0 Å². The second-order valence-corrected chi connectivity index (χ2v) is 12.6. The summed E-state index contributed by atoms with van der Waals surface area (Å²) in [5.74, 6) is -0.486. The summed E-state index contributed by atoms with van der Waals surface area (Å²) in [6, 6.07) is 20.8. The first-order chi connectivity index (χ1) is 18.9. The number of halogens is 1. The van der Waals surface area contributed by atoms with Gasteiger partial charge in [0, 0.05) is 12.1 Å². The third-order valence-corrected chi connectivity index (χ3v) is 8.20. The van der Waals surface area contributed by atoms with Gasteiger partial charge in [0.05, 0.1) is 22.7 Å². The molecule has 3 rings (SSSR count). The fourth-order valence-corrected chi connectivity index (χ4v) is 5.89. The van der Waals surface area contributed by atoms with Gasteiger partial charge in [-0.05, 0) is 63.1 Å². The summed E-state index contributed by atoms with van der Waals surface area (Å²) >= 11 is 6.36. The summed E-state index contributed by atoms with van der Waals surface area (Å²) in [6.07, 6.45) is 0.334. The van der Waals surface area contributed by atoms with Gasteiger partial charge in [0.15, 0.2) is 0 Å². The monoisotopic (exact) mass is 585 g/mol. The topological polar surface area (TPSA) is 96.0 Å². The summed E-state index contributed by atoms with van der Waals surface area (Å²) in [6.45, 7) is 6.98. The molecule has 214 valence electrons. The predicted molar refractivity (Wildman–Crippen MR) is 158 cm³/mol. The number of hydrogen-bond acceptors (Lipinski definition) is 5. The Morgan fingerprint density at radius 1 is 0.975 bits per heavy atom. The molecule has 0 aliphatic carbocycles. The number of amides is 2. The second-order valence-electron chi connectivity index (χ2n) is 10.3. The van der Waals surface area contributed by atoms with E-state index in [1.165, 1.54) is 36.3 Å². The lowest BCUT2D eigenvalue weighted by Gasteiger charge is -2.34. The van der Waals surface area contributed by atoms with Gasteiger partial charge in [0.1, 0.15) is 18.3 Å². The van der Waals surface area contributed by atoms with E-state index in [0.717, 1.165) is 9.87 Å². The van der Waals surface area contributed by atoms with Gasteiger partial charge in [-0.25, -0.2) is 8.42 Å². The van der Waals surface area contributed by atoms with Crippen molar-refractivity contribution in [2.75, 3.05) is 18.0 Å². The number of rotatable bonds is 11. The molecule has 0 aromatic heterocycles. The van der Waals surface area contributed by atoms with Crippen molar-refractivity contribution in [3.05, 3.63) is 89.4 Å². The normalized spacial score (nSPS) is 12.3. The Balaban J connectivity index is 2.08. The van der Waals surface area contributed by atoms with Crippen molar-refractivity contribution in [3.63, 3.8) is 0 Å². The van der Waals surface area contributed by atoms with Crippen molar-refractivity contribution < 1.29 is 22.7 Å². The van der Waals surface area contributed by atoms with E-state index in [1.54, 1.807) is 24.3 Å². The number of methoxy groups -OCH3 is 1. The highest BCUT2D eigenvalue weighted by atomic mass is 35.5. The number of anilines is 1. The predicted octanol–water partition coefficient (Wildman–Crippen LogP) is 5.27. The van der Waals surface area contributed by atoms with Crippen molar-refractivity contribution in [2.24, 2.45) is 0 Å². The Bertz CT molecular complexity index is 1410. The third-order valence-electron chi connectivity index (χ3n) is 6.11. The largest absolute Gasteiger partial charge is 0.495 e. The SMILES string of the molecule is CC[C@@H](C(=O)NC(C)(C)C)N(Cc1ccccc1)C(=O)CN(c1ccc(OC)c(Cl)c1)S(=O)(=O)c1ccccc1. The minimum Gasteiger partial charge on any atom is -0.495 e. The molecule has 1 atom stereocenters. The molecule has 1 N–H and O–H groups in total. The first-order valence-electron chi connectivity index (χ1n) is 12.9. The lowest BCUT2D eigenvalue weighted by atomic mass is 10.1. The van der Waals surface area contributed by atoms with Crippen LogP contribution in [0.2, 0.25) is 5.02 Å². The summed E-state index contributed by atoms with van der Waals surface area (Å²) in [5.41, 5.74) is 0.478. The molecular weight excluding hydrogens is 550 g/mol. The molecule has 0 fully saturated rings. The highest BCUT2D eigenvalue weighted by molar-refractivity contribution is 7.92. The number of nitrogens with one attached hydrogen (secondary N) is 1. The molecule has 0 radical (unpaired) electrons. The smallest absolute Gasteiger partial charge is 0.264 e. The number of carbonyl (C=O) groups is 2. The maximum atomic E-state index is 14.1. The molecule has 40 heavy (non-hydrogen) atoms. The summed E-state index contributed by atoms with van der Waals surface area (Å²) in [7, 11) is -2.73. The molecule has 0 bridgehead atoms. The van der Waals surface area contributed by atoms with Crippen LogP contribution in [-0.4, -0.2) is 50.4 Å². The van der Waals surface area contributed by atoms with E-state index in [9.17, 15) is 18.0 Å². The van der Waals surface area contributed by atoms with Gasteiger partial charge in [0.25, 0.3) is 10.0 Å². The van der Waals surface area contributed by atoms with Crippen molar-refractivity contribution in [1.29, 1.82) is 0 Å². The van der Waals surface area contributed by atoms with Crippen molar-refractivity contribution in [3.8, 4) is 5.75 Å². The van der Waals surface area contributed by atoms with Crippen LogP contribution < -0.4 is 14.4 Å². The zero-order chi connectivity index (χ0) is 29.5. The number of carbonyl (C=O) groups excluding carboxylic acids is 2. The fraction of sp³-hybridized carbons (Fsp3) is 0.333. The number of benzene rings is 3. The molecule has 8 nitrogen and oxygen atoms in total. The summed E-state index contributed by atoms with van der Waals surface area (Å²) < 4.78 is 34.0. The molecule has 0 unspecified atom stereocenters. The molecule has 3 aromatic carbocycles. The first-order valence-corrected chi connectivity index (χ1v) is 14.8. The van der Waals surface area contributed by atoms with E-state index < -0.39 is 34.1 Å². The number of hydrogen-bond donors (Lipinski definition) is 1. The Morgan fingerprint density at radius 3 is 2.10 bits per heavy atom. The molecule has 10 heteroatoms. The van der Waals surface area contributed by atoms with E-state index in [2.05, 4.69) is 5.32 Å².